The fraction of sp³-hybridized carbons (Fsp3) is 0.211. The molecule has 6 heteroatoms. The lowest BCUT2D eigenvalue weighted by atomic mass is 10.1. The van der Waals surface area contributed by atoms with Crippen LogP contribution in [0.5, 0.6) is 5.75 Å². The molecule has 2 N–H and O–H groups in total. The number of ether oxygens (including phenoxy) is 1. The first-order chi connectivity index (χ1) is 12.1. The summed E-state index contributed by atoms with van der Waals surface area (Å²) >= 11 is 0. The van der Waals surface area contributed by atoms with Gasteiger partial charge >= 0.3 is 6.61 Å². The molecular formula is C19H18F2N2O2. The fourth-order valence-corrected chi connectivity index (χ4v) is 2.18. The summed E-state index contributed by atoms with van der Waals surface area (Å²) in [6.07, 6.45) is 2.96. The van der Waals surface area contributed by atoms with E-state index in [0.29, 0.717) is 17.7 Å². The minimum Gasteiger partial charge on any atom is -0.435 e. The van der Waals surface area contributed by atoms with Crippen molar-refractivity contribution in [2.24, 2.45) is 0 Å². The van der Waals surface area contributed by atoms with Crippen molar-refractivity contribution in [1.29, 1.82) is 5.26 Å². The summed E-state index contributed by atoms with van der Waals surface area (Å²) in [7, 11) is 0. The topological polar surface area (TPSA) is 65.3 Å². The molecule has 0 aliphatic heterocycles. The zero-order valence-electron chi connectivity index (χ0n) is 13.4. The van der Waals surface area contributed by atoms with E-state index in [1.807, 2.05) is 24.3 Å². The molecular weight excluding hydrogens is 326 g/mol. The van der Waals surface area contributed by atoms with Crippen molar-refractivity contribution in [1.82, 2.24) is 5.32 Å². The van der Waals surface area contributed by atoms with Gasteiger partial charge in [-0.05, 0) is 35.4 Å². The lowest BCUT2D eigenvalue weighted by Crippen LogP contribution is -2.21. The average Bonchev–Trinajstić information content (AvgIpc) is 2.61. The number of alkyl halides is 2. The Kier molecular flexibility index (Phi) is 7.08. The number of hydrogen-bond acceptors (Lipinski definition) is 4. The van der Waals surface area contributed by atoms with Crippen LogP contribution in [-0.2, 0) is 0 Å². The van der Waals surface area contributed by atoms with Gasteiger partial charge in [-0.15, -0.1) is 0 Å². The third kappa shape index (κ3) is 6.34. The SMILES string of the molecule is N#Cc1ccc(/C=C/CNCC(O)c2cccc(OC(F)F)c2)cc1. The van der Waals surface area contributed by atoms with Gasteiger partial charge in [0.15, 0.2) is 0 Å². The third-order valence-corrected chi connectivity index (χ3v) is 3.42. The normalized spacial score (nSPS) is 12.3. The van der Waals surface area contributed by atoms with Crippen LogP contribution in [0.25, 0.3) is 6.08 Å². The number of halogens is 2. The summed E-state index contributed by atoms with van der Waals surface area (Å²) in [6, 6.07) is 15.2. The quantitative estimate of drug-likeness (QED) is 0.720. The molecule has 130 valence electrons. The van der Waals surface area contributed by atoms with Crippen LogP contribution < -0.4 is 10.1 Å². The Morgan fingerprint density at radius 1 is 1.20 bits per heavy atom. The Bertz CT molecular complexity index is 740. The van der Waals surface area contributed by atoms with Crippen molar-refractivity contribution < 1.29 is 18.6 Å². The van der Waals surface area contributed by atoms with E-state index in [1.165, 1.54) is 12.1 Å². The van der Waals surface area contributed by atoms with Gasteiger partial charge in [-0.3, -0.25) is 0 Å². The van der Waals surface area contributed by atoms with E-state index in [2.05, 4.69) is 16.1 Å². The van der Waals surface area contributed by atoms with Gasteiger partial charge < -0.3 is 15.2 Å². The molecule has 25 heavy (non-hydrogen) atoms. The van der Waals surface area contributed by atoms with E-state index in [0.717, 1.165) is 5.56 Å². The summed E-state index contributed by atoms with van der Waals surface area (Å²) in [4.78, 5) is 0. The number of benzene rings is 2. The predicted octanol–water partition coefficient (Wildman–Crippen LogP) is 3.50. The average molecular weight is 344 g/mol. The highest BCUT2D eigenvalue weighted by atomic mass is 19.3. The van der Waals surface area contributed by atoms with E-state index < -0.39 is 12.7 Å². The summed E-state index contributed by atoms with van der Waals surface area (Å²) in [6.45, 7) is -2.09. The molecule has 0 heterocycles. The van der Waals surface area contributed by atoms with Crippen molar-refractivity contribution >= 4 is 6.08 Å². The van der Waals surface area contributed by atoms with Gasteiger partial charge in [-0.25, -0.2) is 0 Å². The smallest absolute Gasteiger partial charge is 0.387 e. The highest BCUT2D eigenvalue weighted by molar-refractivity contribution is 5.51. The van der Waals surface area contributed by atoms with E-state index >= 15 is 0 Å². The Hall–Kier alpha value is -2.75. The predicted molar refractivity (Wildman–Crippen MR) is 91.1 cm³/mol. The molecule has 0 amide bonds. The minimum absolute atomic E-state index is 0.0206. The summed E-state index contributed by atoms with van der Waals surface area (Å²) in [5, 5.41) is 21.9. The zero-order valence-corrected chi connectivity index (χ0v) is 13.4. The molecule has 4 nitrogen and oxygen atoms in total. The molecule has 0 aliphatic rings. The number of aliphatic hydroxyl groups is 1. The van der Waals surface area contributed by atoms with Crippen LogP contribution in [0.4, 0.5) is 8.78 Å². The van der Waals surface area contributed by atoms with Gasteiger partial charge in [0.05, 0.1) is 17.7 Å². The van der Waals surface area contributed by atoms with Gasteiger partial charge in [0, 0.05) is 13.1 Å². The van der Waals surface area contributed by atoms with E-state index in [4.69, 9.17) is 5.26 Å². The third-order valence-electron chi connectivity index (χ3n) is 3.42. The summed E-state index contributed by atoms with van der Waals surface area (Å²) in [5.41, 5.74) is 2.08. The zero-order chi connectivity index (χ0) is 18.1. The van der Waals surface area contributed by atoms with Gasteiger partial charge in [0.25, 0.3) is 0 Å². The number of hydrogen-bond donors (Lipinski definition) is 2. The molecule has 2 aromatic carbocycles. The van der Waals surface area contributed by atoms with Crippen molar-refractivity contribution in [3.8, 4) is 11.8 Å². The lowest BCUT2D eigenvalue weighted by Gasteiger charge is -2.13. The van der Waals surface area contributed by atoms with Gasteiger partial charge in [-0.2, -0.15) is 14.0 Å². The molecule has 2 aromatic rings. The maximum atomic E-state index is 12.2. The molecule has 0 spiro atoms. The highest BCUT2D eigenvalue weighted by Gasteiger charge is 2.10. The van der Waals surface area contributed by atoms with Crippen molar-refractivity contribution in [2.45, 2.75) is 12.7 Å². The molecule has 0 saturated heterocycles. The second-order valence-corrected chi connectivity index (χ2v) is 5.26. The van der Waals surface area contributed by atoms with Crippen LogP contribution in [0.15, 0.2) is 54.6 Å². The molecule has 2 rings (SSSR count). The highest BCUT2D eigenvalue weighted by Crippen LogP contribution is 2.20. The van der Waals surface area contributed by atoms with Gasteiger partial charge in [0.1, 0.15) is 5.75 Å². The van der Waals surface area contributed by atoms with Crippen LogP contribution in [-0.4, -0.2) is 24.8 Å². The maximum Gasteiger partial charge on any atom is 0.387 e. The lowest BCUT2D eigenvalue weighted by molar-refractivity contribution is -0.0499. The number of rotatable bonds is 8. The molecule has 1 atom stereocenters. The fourth-order valence-electron chi connectivity index (χ4n) is 2.18. The number of nitriles is 1. The first-order valence-corrected chi connectivity index (χ1v) is 7.69. The summed E-state index contributed by atoms with van der Waals surface area (Å²) in [5.74, 6) is 0.0206. The van der Waals surface area contributed by atoms with Gasteiger partial charge in [0.2, 0.25) is 0 Å². The van der Waals surface area contributed by atoms with Crippen molar-refractivity contribution in [2.75, 3.05) is 13.1 Å². The van der Waals surface area contributed by atoms with Crippen LogP contribution in [0, 0.1) is 11.3 Å². The van der Waals surface area contributed by atoms with Gasteiger partial charge in [-0.1, -0.05) is 36.4 Å². The monoisotopic (exact) mass is 344 g/mol. The minimum atomic E-state index is -2.89. The maximum absolute atomic E-state index is 12.2. The molecule has 0 aromatic heterocycles. The number of nitrogens with zero attached hydrogens (tertiary/aromatic N) is 1. The van der Waals surface area contributed by atoms with Crippen LogP contribution in [0.2, 0.25) is 0 Å². The van der Waals surface area contributed by atoms with Crippen molar-refractivity contribution in [3.05, 3.63) is 71.3 Å². The molecule has 1 unspecified atom stereocenters. The Morgan fingerprint density at radius 2 is 1.96 bits per heavy atom. The molecule has 0 aliphatic carbocycles. The Morgan fingerprint density at radius 3 is 2.64 bits per heavy atom. The molecule has 0 fully saturated rings. The second kappa shape index (κ2) is 9.52. The number of nitrogens with one attached hydrogen (secondary N) is 1. The first kappa shape index (κ1) is 18.6. The largest absolute Gasteiger partial charge is 0.435 e. The van der Waals surface area contributed by atoms with Crippen LogP contribution in [0.1, 0.15) is 22.8 Å². The van der Waals surface area contributed by atoms with E-state index in [1.54, 1.807) is 24.3 Å². The van der Waals surface area contributed by atoms with Crippen LogP contribution in [0.3, 0.4) is 0 Å². The second-order valence-electron chi connectivity index (χ2n) is 5.26. The standard InChI is InChI=1S/C19H18F2N2O2/c20-19(21)25-17-5-1-4-16(11-17)18(24)13-23-10-2-3-14-6-8-15(12-22)9-7-14/h1-9,11,18-19,23-24H,10,13H2/b3-2+. The molecule has 0 saturated carbocycles. The first-order valence-electron chi connectivity index (χ1n) is 7.69. The van der Waals surface area contributed by atoms with E-state index in [-0.39, 0.29) is 12.3 Å². The van der Waals surface area contributed by atoms with Crippen LogP contribution >= 0.6 is 0 Å². The Balaban J connectivity index is 1.79. The molecule has 0 bridgehead atoms. The summed E-state index contributed by atoms with van der Waals surface area (Å²) < 4.78 is 28.7. The Labute approximate surface area is 145 Å². The van der Waals surface area contributed by atoms with Crippen molar-refractivity contribution in [3.63, 3.8) is 0 Å². The number of aliphatic hydroxyl groups excluding tert-OH is 1. The van der Waals surface area contributed by atoms with E-state index in [9.17, 15) is 13.9 Å². The molecule has 0 radical (unpaired) electrons.